The van der Waals surface area contributed by atoms with Crippen molar-refractivity contribution in [2.45, 2.75) is 57.9 Å². The van der Waals surface area contributed by atoms with E-state index in [9.17, 15) is 4.79 Å². The molecular formula is C15H24N4O. The molecule has 0 saturated heterocycles. The van der Waals surface area contributed by atoms with E-state index in [2.05, 4.69) is 20.5 Å². The summed E-state index contributed by atoms with van der Waals surface area (Å²) in [5, 5.41) is 9.72. The van der Waals surface area contributed by atoms with Gasteiger partial charge in [0.05, 0.1) is 6.04 Å². The van der Waals surface area contributed by atoms with Crippen LogP contribution in [0.5, 0.6) is 0 Å². The van der Waals surface area contributed by atoms with Gasteiger partial charge in [0.15, 0.2) is 0 Å². The number of hydrogen-bond donors (Lipinski definition) is 2. The molecule has 0 aliphatic heterocycles. The highest BCUT2D eigenvalue weighted by molar-refractivity contribution is 5.79. The molecule has 1 heterocycles. The van der Waals surface area contributed by atoms with Gasteiger partial charge in [-0.1, -0.05) is 25.7 Å². The smallest absolute Gasteiger partial charge is 0.223 e. The highest BCUT2D eigenvalue weighted by Gasteiger charge is 2.35. The van der Waals surface area contributed by atoms with Gasteiger partial charge in [0.1, 0.15) is 12.2 Å². The van der Waals surface area contributed by atoms with Crippen molar-refractivity contribution in [2.24, 2.45) is 17.8 Å². The van der Waals surface area contributed by atoms with Crippen LogP contribution in [0.1, 0.15) is 63.7 Å². The number of carbonyl (C=O) groups excluding carboxylic acids is 1. The molecule has 2 N–H and O–H groups in total. The zero-order chi connectivity index (χ0) is 13.9. The van der Waals surface area contributed by atoms with Crippen LogP contribution in [-0.2, 0) is 4.79 Å². The number of nitrogens with zero attached hydrogens (tertiary/aromatic N) is 2. The molecule has 5 heteroatoms. The van der Waals surface area contributed by atoms with Crippen LogP contribution in [0.2, 0.25) is 0 Å². The standard InChI is InChI=1S/C15H24N4O/c1-10(14-16-9-17-19-14)18-15(20)13-7-6-11-4-2-3-5-12(11)8-13/h9-13H,2-8H2,1H3,(H,18,20)(H,16,17,19). The Kier molecular flexibility index (Phi) is 4.03. The van der Waals surface area contributed by atoms with Gasteiger partial charge >= 0.3 is 0 Å². The minimum Gasteiger partial charge on any atom is -0.346 e. The Balaban J connectivity index is 1.55. The summed E-state index contributed by atoms with van der Waals surface area (Å²) in [6.45, 7) is 1.95. The first kappa shape index (κ1) is 13.6. The second-order valence-corrected chi connectivity index (χ2v) is 6.42. The van der Waals surface area contributed by atoms with Crippen molar-refractivity contribution in [3.05, 3.63) is 12.2 Å². The number of nitrogens with one attached hydrogen (secondary N) is 2. The Morgan fingerprint density at radius 3 is 2.85 bits per heavy atom. The molecule has 0 bridgehead atoms. The lowest BCUT2D eigenvalue weighted by atomic mass is 9.67. The Labute approximate surface area is 119 Å². The van der Waals surface area contributed by atoms with Crippen molar-refractivity contribution in [3.8, 4) is 0 Å². The average Bonchev–Trinajstić information content (AvgIpc) is 3.01. The van der Waals surface area contributed by atoms with E-state index in [1.54, 1.807) is 0 Å². The lowest BCUT2D eigenvalue weighted by molar-refractivity contribution is -0.128. The topological polar surface area (TPSA) is 70.7 Å². The van der Waals surface area contributed by atoms with E-state index in [0.717, 1.165) is 30.5 Å². The number of rotatable bonds is 3. The van der Waals surface area contributed by atoms with Crippen LogP contribution in [0.25, 0.3) is 0 Å². The summed E-state index contributed by atoms with van der Waals surface area (Å²) in [6.07, 6.45) is 10.3. The van der Waals surface area contributed by atoms with Crippen molar-refractivity contribution in [1.82, 2.24) is 20.5 Å². The van der Waals surface area contributed by atoms with E-state index in [4.69, 9.17) is 0 Å². The summed E-state index contributed by atoms with van der Waals surface area (Å²) in [5.74, 6) is 2.79. The van der Waals surface area contributed by atoms with E-state index in [1.807, 2.05) is 6.92 Å². The average molecular weight is 276 g/mol. The molecule has 1 aromatic heterocycles. The van der Waals surface area contributed by atoms with E-state index < -0.39 is 0 Å². The fraction of sp³-hybridized carbons (Fsp3) is 0.800. The third kappa shape index (κ3) is 2.86. The summed E-state index contributed by atoms with van der Waals surface area (Å²) in [6, 6.07) is -0.0888. The van der Waals surface area contributed by atoms with Crippen LogP contribution in [0.15, 0.2) is 6.33 Å². The molecule has 1 aromatic rings. The molecule has 2 aliphatic rings. The minimum absolute atomic E-state index is 0.0888. The highest BCUT2D eigenvalue weighted by atomic mass is 16.1. The molecule has 1 amide bonds. The molecule has 110 valence electrons. The molecule has 0 radical (unpaired) electrons. The van der Waals surface area contributed by atoms with Crippen LogP contribution in [0.4, 0.5) is 0 Å². The zero-order valence-electron chi connectivity index (χ0n) is 12.1. The maximum atomic E-state index is 12.4. The summed E-state index contributed by atoms with van der Waals surface area (Å²) < 4.78 is 0. The number of fused-ring (bicyclic) bond motifs is 1. The maximum Gasteiger partial charge on any atom is 0.223 e. The number of aromatic nitrogens is 3. The minimum atomic E-state index is -0.0888. The first-order valence-corrected chi connectivity index (χ1v) is 7.89. The van der Waals surface area contributed by atoms with E-state index >= 15 is 0 Å². The summed E-state index contributed by atoms with van der Waals surface area (Å²) in [4.78, 5) is 16.5. The number of amides is 1. The first-order chi connectivity index (χ1) is 9.74. The lowest BCUT2D eigenvalue weighted by Gasteiger charge is -2.38. The molecule has 20 heavy (non-hydrogen) atoms. The molecule has 2 saturated carbocycles. The first-order valence-electron chi connectivity index (χ1n) is 7.89. The molecule has 4 unspecified atom stereocenters. The molecule has 2 aliphatic carbocycles. The van der Waals surface area contributed by atoms with Crippen LogP contribution >= 0.6 is 0 Å². The molecular weight excluding hydrogens is 252 g/mol. The predicted octanol–water partition coefficient (Wildman–Crippen LogP) is 2.59. The Hall–Kier alpha value is -1.39. The molecule has 0 spiro atoms. The molecule has 2 fully saturated rings. The molecule has 3 rings (SSSR count). The third-order valence-corrected chi connectivity index (χ3v) is 5.11. The lowest BCUT2D eigenvalue weighted by Crippen LogP contribution is -2.38. The predicted molar refractivity (Wildman–Crippen MR) is 75.7 cm³/mol. The van der Waals surface area contributed by atoms with Gasteiger partial charge in [-0.3, -0.25) is 9.89 Å². The van der Waals surface area contributed by atoms with Gasteiger partial charge in [0, 0.05) is 5.92 Å². The highest BCUT2D eigenvalue weighted by Crippen LogP contribution is 2.42. The van der Waals surface area contributed by atoms with Crippen LogP contribution in [-0.4, -0.2) is 21.1 Å². The van der Waals surface area contributed by atoms with Crippen LogP contribution in [0, 0.1) is 17.8 Å². The van der Waals surface area contributed by atoms with Crippen molar-refractivity contribution in [3.63, 3.8) is 0 Å². The van der Waals surface area contributed by atoms with E-state index in [0.29, 0.717) is 0 Å². The fourth-order valence-corrected chi connectivity index (χ4v) is 3.93. The summed E-state index contributed by atoms with van der Waals surface area (Å²) >= 11 is 0. The van der Waals surface area contributed by atoms with Crippen LogP contribution in [0.3, 0.4) is 0 Å². The van der Waals surface area contributed by atoms with E-state index in [-0.39, 0.29) is 17.9 Å². The Morgan fingerprint density at radius 2 is 2.10 bits per heavy atom. The van der Waals surface area contributed by atoms with Crippen molar-refractivity contribution >= 4 is 5.91 Å². The van der Waals surface area contributed by atoms with Gasteiger partial charge in [-0.25, -0.2) is 4.98 Å². The quantitative estimate of drug-likeness (QED) is 0.891. The molecule has 0 aromatic carbocycles. The summed E-state index contributed by atoms with van der Waals surface area (Å²) in [7, 11) is 0. The second-order valence-electron chi connectivity index (χ2n) is 6.42. The van der Waals surface area contributed by atoms with Gasteiger partial charge in [0.25, 0.3) is 0 Å². The molecule has 4 atom stereocenters. The van der Waals surface area contributed by atoms with Gasteiger partial charge in [-0.05, 0) is 38.0 Å². The third-order valence-electron chi connectivity index (χ3n) is 5.11. The SMILES string of the molecule is CC(NC(=O)C1CCC2CCCCC2C1)c1ncn[nH]1. The van der Waals surface area contributed by atoms with Gasteiger partial charge in [-0.15, -0.1) is 0 Å². The van der Waals surface area contributed by atoms with Crippen molar-refractivity contribution in [2.75, 3.05) is 0 Å². The molecule has 5 nitrogen and oxygen atoms in total. The fourth-order valence-electron chi connectivity index (χ4n) is 3.93. The Morgan fingerprint density at radius 1 is 1.30 bits per heavy atom. The number of carbonyl (C=O) groups is 1. The number of aromatic amines is 1. The monoisotopic (exact) mass is 276 g/mol. The number of hydrogen-bond acceptors (Lipinski definition) is 3. The number of H-pyrrole nitrogens is 1. The van der Waals surface area contributed by atoms with Gasteiger partial charge < -0.3 is 5.32 Å². The van der Waals surface area contributed by atoms with E-state index in [1.165, 1.54) is 38.4 Å². The van der Waals surface area contributed by atoms with Crippen LogP contribution < -0.4 is 5.32 Å². The van der Waals surface area contributed by atoms with Gasteiger partial charge in [-0.2, -0.15) is 5.10 Å². The zero-order valence-corrected chi connectivity index (χ0v) is 12.1. The largest absolute Gasteiger partial charge is 0.346 e. The van der Waals surface area contributed by atoms with Crippen molar-refractivity contribution < 1.29 is 4.79 Å². The summed E-state index contributed by atoms with van der Waals surface area (Å²) in [5.41, 5.74) is 0. The van der Waals surface area contributed by atoms with Crippen molar-refractivity contribution in [1.29, 1.82) is 0 Å². The second kappa shape index (κ2) is 5.94. The van der Waals surface area contributed by atoms with Gasteiger partial charge in [0.2, 0.25) is 5.91 Å². The maximum absolute atomic E-state index is 12.4. The normalized spacial score (nSPS) is 31.4. The Bertz CT molecular complexity index is 445.